The molecule has 0 fully saturated rings. The van der Waals surface area contributed by atoms with Crippen molar-refractivity contribution in [2.45, 2.75) is 58.8 Å². The van der Waals surface area contributed by atoms with Crippen molar-refractivity contribution in [2.75, 3.05) is 6.61 Å². The van der Waals surface area contributed by atoms with Crippen LogP contribution in [0, 0.1) is 6.92 Å². The molecular weight excluding hydrogens is 514 g/mol. The van der Waals surface area contributed by atoms with E-state index in [-0.39, 0.29) is 5.56 Å². The number of nitrogens with zero attached hydrogens (tertiary/aromatic N) is 1. The molecule has 0 bridgehead atoms. The Morgan fingerprint density at radius 1 is 1.18 bits per heavy atom. The molecule has 204 valence electrons. The van der Waals surface area contributed by atoms with Crippen LogP contribution in [0.3, 0.4) is 0 Å². The predicted molar refractivity (Wildman–Crippen MR) is 153 cm³/mol. The third-order valence-electron chi connectivity index (χ3n) is 6.97. The van der Waals surface area contributed by atoms with Gasteiger partial charge < -0.3 is 23.9 Å². The third kappa shape index (κ3) is 5.31. The van der Waals surface area contributed by atoms with Gasteiger partial charge in [-0.1, -0.05) is 12.1 Å². The fourth-order valence-corrected chi connectivity index (χ4v) is 5.82. The number of thiophene rings is 1. The number of aliphatic carboxylic acids is 1. The lowest BCUT2D eigenvalue weighted by Gasteiger charge is -2.29. The maximum atomic E-state index is 13.8. The van der Waals surface area contributed by atoms with Crippen LogP contribution in [0.1, 0.15) is 55.0 Å². The number of aromatic nitrogens is 1. The van der Waals surface area contributed by atoms with E-state index in [0.717, 1.165) is 40.2 Å². The van der Waals surface area contributed by atoms with Crippen LogP contribution in [-0.2, 0) is 29.6 Å². The van der Waals surface area contributed by atoms with Gasteiger partial charge in [-0.3, -0.25) is 4.79 Å². The first-order valence-electron chi connectivity index (χ1n) is 13.0. The zero-order chi connectivity index (χ0) is 27.9. The van der Waals surface area contributed by atoms with Gasteiger partial charge in [-0.2, -0.15) is 0 Å². The molecule has 0 saturated carbocycles. The molecule has 39 heavy (non-hydrogen) atoms. The molecule has 0 saturated heterocycles. The Bertz CT molecular complexity index is 1600. The summed E-state index contributed by atoms with van der Waals surface area (Å²) in [5.41, 5.74) is 2.86. The summed E-state index contributed by atoms with van der Waals surface area (Å²) in [6.45, 7) is 8.53. The monoisotopic (exact) mass is 547 g/mol. The Kier molecular flexibility index (Phi) is 7.27. The van der Waals surface area contributed by atoms with E-state index in [0.29, 0.717) is 41.0 Å². The SMILES string of the molecule is Cc1c(-c2c(C(OC(C)(C)C)C(=O)O)n(C)c(=O)c3cc(OCc4cccs4)ccc23)ccc2c1CCCO2. The fourth-order valence-electron chi connectivity index (χ4n) is 5.20. The standard InChI is InChI=1S/C31H33NO6S/c1-18-21-9-6-14-36-25(21)13-12-22(18)26-23-11-10-19(37-17-20-8-7-15-39-20)16-24(23)29(33)32(5)27(26)28(30(34)35)38-31(2,3)4/h7-8,10-13,15-16,28H,6,9,14,17H2,1-5H3,(H,34,35). The molecule has 2 aromatic carbocycles. The van der Waals surface area contributed by atoms with Gasteiger partial charge >= 0.3 is 5.97 Å². The van der Waals surface area contributed by atoms with Crippen LogP contribution in [0.25, 0.3) is 21.9 Å². The average Bonchev–Trinajstić information content (AvgIpc) is 3.42. The summed E-state index contributed by atoms with van der Waals surface area (Å²) in [5, 5.41) is 13.4. The van der Waals surface area contributed by atoms with Gasteiger partial charge in [0.25, 0.3) is 5.56 Å². The molecule has 8 heteroatoms. The zero-order valence-corrected chi connectivity index (χ0v) is 23.7. The van der Waals surface area contributed by atoms with Gasteiger partial charge in [0.1, 0.15) is 18.1 Å². The zero-order valence-electron chi connectivity index (χ0n) is 22.9. The van der Waals surface area contributed by atoms with Gasteiger partial charge in [0, 0.05) is 17.5 Å². The van der Waals surface area contributed by atoms with Crippen molar-refractivity contribution >= 4 is 28.1 Å². The first kappa shape index (κ1) is 27.0. The molecule has 4 aromatic rings. The van der Waals surface area contributed by atoms with Gasteiger partial charge in [0.15, 0.2) is 6.10 Å². The molecule has 1 atom stereocenters. The van der Waals surface area contributed by atoms with Crippen LogP contribution in [-0.4, -0.2) is 27.9 Å². The predicted octanol–water partition coefficient (Wildman–Crippen LogP) is 6.42. The van der Waals surface area contributed by atoms with Crippen molar-refractivity contribution in [1.82, 2.24) is 4.57 Å². The van der Waals surface area contributed by atoms with E-state index in [1.807, 2.05) is 48.7 Å². The third-order valence-corrected chi connectivity index (χ3v) is 7.82. The quantitative estimate of drug-likeness (QED) is 0.287. The van der Waals surface area contributed by atoms with Crippen LogP contribution in [0.2, 0.25) is 0 Å². The molecule has 2 aromatic heterocycles. The van der Waals surface area contributed by atoms with Gasteiger partial charge in [-0.15, -0.1) is 11.3 Å². The van der Waals surface area contributed by atoms with Crippen molar-refractivity contribution in [3.05, 3.63) is 79.9 Å². The molecule has 1 unspecified atom stereocenters. The van der Waals surface area contributed by atoms with Crippen molar-refractivity contribution in [2.24, 2.45) is 7.05 Å². The highest BCUT2D eigenvalue weighted by Gasteiger charge is 2.34. The van der Waals surface area contributed by atoms with E-state index in [1.54, 1.807) is 45.2 Å². The smallest absolute Gasteiger partial charge is 0.339 e. The molecule has 1 aliphatic heterocycles. The lowest BCUT2D eigenvalue weighted by Crippen LogP contribution is -2.33. The average molecular weight is 548 g/mol. The van der Waals surface area contributed by atoms with E-state index in [4.69, 9.17) is 14.2 Å². The van der Waals surface area contributed by atoms with Crippen LogP contribution in [0.15, 0.2) is 52.6 Å². The molecular formula is C31H33NO6S. The Morgan fingerprint density at radius 3 is 2.67 bits per heavy atom. The Balaban J connectivity index is 1.77. The maximum Gasteiger partial charge on any atom is 0.339 e. The molecule has 1 aliphatic rings. The lowest BCUT2D eigenvalue weighted by atomic mass is 9.88. The minimum Gasteiger partial charge on any atom is -0.493 e. The molecule has 0 amide bonds. The molecule has 0 aliphatic carbocycles. The van der Waals surface area contributed by atoms with Crippen LogP contribution in [0.4, 0.5) is 0 Å². The molecule has 3 heterocycles. The van der Waals surface area contributed by atoms with Gasteiger partial charge in [0.2, 0.25) is 0 Å². The van der Waals surface area contributed by atoms with Crippen molar-refractivity contribution in [3.8, 4) is 22.6 Å². The summed E-state index contributed by atoms with van der Waals surface area (Å²) in [4.78, 5) is 27.5. The van der Waals surface area contributed by atoms with Crippen LogP contribution < -0.4 is 15.0 Å². The minimum absolute atomic E-state index is 0.307. The number of carboxylic acids is 1. The summed E-state index contributed by atoms with van der Waals surface area (Å²) in [5.74, 6) is 0.265. The Labute approximate surface area is 231 Å². The van der Waals surface area contributed by atoms with Crippen molar-refractivity contribution < 1.29 is 24.1 Å². The Morgan fingerprint density at radius 2 is 1.97 bits per heavy atom. The number of carboxylic acid groups (broad SMARTS) is 1. The number of ether oxygens (including phenoxy) is 3. The first-order chi connectivity index (χ1) is 18.5. The summed E-state index contributed by atoms with van der Waals surface area (Å²) in [7, 11) is 1.61. The number of rotatable bonds is 7. The second kappa shape index (κ2) is 10.5. The Hall–Kier alpha value is -3.62. The van der Waals surface area contributed by atoms with E-state index in [9.17, 15) is 14.7 Å². The number of hydrogen-bond acceptors (Lipinski definition) is 6. The van der Waals surface area contributed by atoms with Gasteiger partial charge in [0.05, 0.1) is 23.3 Å². The van der Waals surface area contributed by atoms with E-state index in [2.05, 4.69) is 0 Å². The second-order valence-electron chi connectivity index (χ2n) is 10.8. The van der Waals surface area contributed by atoms with E-state index in [1.165, 1.54) is 4.57 Å². The molecule has 0 radical (unpaired) electrons. The molecule has 0 spiro atoms. The highest BCUT2D eigenvalue weighted by atomic mass is 32.1. The second-order valence-corrected chi connectivity index (χ2v) is 11.8. The number of benzene rings is 2. The van der Waals surface area contributed by atoms with Crippen LogP contribution >= 0.6 is 11.3 Å². The molecule has 5 rings (SSSR count). The highest BCUT2D eigenvalue weighted by molar-refractivity contribution is 7.09. The molecule has 1 N–H and O–H groups in total. The van der Waals surface area contributed by atoms with E-state index < -0.39 is 17.7 Å². The summed E-state index contributed by atoms with van der Waals surface area (Å²) in [6.07, 6.45) is 0.424. The van der Waals surface area contributed by atoms with Gasteiger partial charge in [-0.05, 0) is 98.3 Å². The first-order valence-corrected chi connectivity index (χ1v) is 13.9. The fraction of sp³-hybridized carbons (Fsp3) is 0.355. The number of carbonyl (C=O) groups is 1. The summed E-state index contributed by atoms with van der Waals surface area (Å²) < 4.78 is 19.4. The number of pyridine rings is 1. The van der Waals surface area contributed by atoms with Crippen molar-refractivity contribution in [1.29, 1.82) is 0 Å². The van der Waals surface area contributed by atoms with Crippen LogP contribution in [0.5, 0.6) is 11.5 Å². The normalized spacial score (nSPS) is 14.1. The minimum atomic E-state index is -1.36. The molecule has 7 nitrogen and oxygen atoms in total. The summed E-state index contributed by atoms with van der Waals surface area (Å²) >= 11 is 1.61. The summed E-state index contributed by atoms with van der Waals surface area (Å²) in [6, 6.07) is 13.3. The number of fused-ring (bicyclic) bond motifs is 2. The largest absolute Gasteiger partial charge is 0.493 e. The topological polar surface area (TPSA) is 87.0 Å². The van der Waals surface area contributed by atoms with Crippen molar-refractivity contribution in [3.63, 3.8) is 0 Å². The van der Waals surface area contributed by atoms with Gasteiger partial charge in [-0.25, -0.2) is 4.79 Å². The lowest BCUT2D eigenvalue weighted by molar-refractivity contribution is -0.161. The highest BCUT2D eigenvalue weighted by Crippen LogP contribution is 2.42. The van der Waals surface area contributed by atoms with E-state index >= 15 is 0 Å². The maximum absolute atomic E-state index is 13.8. The number of hydrogen-bond donors (Lipinski definition) is 1.